The van der Waals surface area contributed by atoms with Gasteiger partial charge in [0, 0.05) is 19.1 Å². The molecule has 0 spiro atoms. The molecule has 3 unspecified atom stereocenters. The Hall–Kier alpha value is -0.570. The number of carboxylic acids is 1. The van der Waals surface area contributed by atoms with Gasteiger partial charge in [-0.3, -0.25) is 9.69 Å². The summed E-state index contributed by atoms with van der Waals surface area (Å²) in [6.45, 7) is 6.44. The average molecular weight is 209 g/mol. The molecule has 15 heavy (non-hydrogen) atoms. The molecule has 2 aliphatic carbocycles. The molecule has 3 heteroatoms. The number of fused-ring (bicyclic) bond motifs is 1. The molecule has 0 amide bonds. The molecule has 1 aliphatic heterocycles. The first kappa shape index (κ1) is 9.64. The van der Waals surface area contributed by atoms with Crippen molar-refractivity contribution in [2.75, 3.05) is 13.1 Å². The maximum atomic E-state index is 11.2. The van der Waals surface area contributed by atoms with E-state index < -0.39 is 5.97 Å². The van der Waals surface area contributed by atoms with Crippen LogP contribution in [-0.4, -0.2) is 35.1 Å². The molecule has 1 N–H and O–H groups in total. The summed E-state index contributed by atoms with van der Waals surface area (Å²) in [7, 11) is 0. The second-order valence-corrected chi connectivity index (χ2v) is 6.33. The first-order chi connectivity index (χ1) is 6.96. The number of piperidine rings is 1. The van der Waals surface area contributed by atoms with Gasteiger partial charge in [0.05, 0.1) is 5.41 Å². The SMILES string of the molecule is CC1(C)CCC1N1CC2CC2(C(=O)O)C1. The zero-order chi connectivity index (χ0) is 10.8. The van der Waals surface area contributed by atoms with Crippen molar-refractivity contribution in [1.29, 1.82) is 0 Å². The zero-order valence-corrected chi connectivity index (χ0v) is 9.49. The van der Waals surface area contributed by atoms with Gasteiger partial charge in [-0.15, -0.1) is 0 Å². The number of nitrogens with zero attached hydrogens (tertiary/aromatic N) is 1. The Morgan fingerprint density at radius 1 is 1.47 bits per heavy atom. The van der Waals surface area contributed by atoms with Gasteiger partial charge < -0.3 is 5.11 Å². The molecule has 0 aromatic heterocycles. The van der Waals surface area contributed by atoms with E-state index in [0.29, 0.717) is 17.4 Å². The highest BCUT2D eigenvalue weighted by molar-refractivity contribution is 5.79. The minimum Gasteiger partial charge on any atom is -0.481 e. The lowest BCUT2D eigenvalue weighted by atomic mass is 9.66. The second-order valence-electron chi connectivity index (χ2n) is 6.33. The lowest BCUT2D eigenvalue weighted by Gasteiger charge is -2.50. The molecule has 84 valence electrons. The van der Waals surface area contributed by atoms with Crippen LogP contribution in [0.1, 0.15) is 33.1 Å². The summed E-state index contributed by atoms with van der Waals surface area (Å²) in [4.78, 5) is 13.6. The van der Waals surface area contributed by atoms with E-state index in [9.17, 15) is 9.90 Å². The Morgan fingerprint density at radius 2 is 2.20 bits per heavy atom. The molecule has 2 saturated carbocycles. The lowest BCUT2D eigenvalue weighted by Crippen LogP contribution is -2.52. The fourth-order valence-corrected chi connectivity index (χ4v) is 3.62. The first-order valence-corrected chi connectivity index (χ1v) is 5.93. The predicted molar refractivity (Wildman–Crippen MR) is 56.6 cm³/mol. The third kappa shape index (κ3) is 1.13. The van der Waals surface area contributed by atoms with E-state index in [2.05, 4.69) is 18.7 Å². The third-order valence-electron chi connectivity index (χ3n) is 5.00. The molecular formula is C12H19NO2. The van der Waals surface area contributed by atoms with Gasteiger partial charge in [0.1, 0.15) is 0 Å². The Bertz CT molecular complexity index is 326. The third-order valence-corrected chi connectivity index (χ3v) is 5.00. The Balaban J connectivity index is 1.71. The smallest absolute Gasteiger partial charge is 0.311 e. The molecule has 0 bridgehead atoms. The van der Waals surface area contributed by atoms with Crippen molar-refractivity contribution in [1.82, 2.24) is 4.90 Å². The summed E-state index contributed by atoms with van der Waals surface area (Å²) in [5.41, 5.74) is 0.0716. The number of carboxylic acid groups (broad SMARTS) is 1. The molecule has 3 rings (SSSR count). The number of carbonyl (C=O) groups is 1. The topological polar surface area (TPSA) is 40.5 Å². The van der Waals surface area contributed by atoms with Gasteiger partial charge in [0.25, 0.3) is 0 Å². The number of aliphatic carboxylic acids is 1. The molecule has 3 nitrogen and oxygen atoms in total. The first-order valence-electron chi connectivity index (χ1n) is 5.93. The van der Waals surface area contributed by atoms with Crippen molar-refractivity contribution in [2.45, 2.75) is 39.2 Å². The molecule has 1 saturated heterocycles. The van der Waals surface area contributed by atoms with Gasteiger partial charge in [-0.05, 0) is 30.6 Å². The highest BCUT2D eigenvalue weighted by Gasteiger charge is 2.67. The molecule has 3 atom stereocenters. The average Bonchev–Trinajstić information content (AvgIpc) is 2.69. The molecule has 3 aliphatic rings. The fraction of sp³-hybridized carbons (Fsp3) is 0.917. The van der Waals surface area contributed by atoms with E-state index in [1.165, 1.54) is 12.8 Å². The molecule has 3 fully saturated rings. The van der Waals surface area contributed by atoms with Crippen LogP contribution < -0.4 is 0 Å². The minimum atomic E-state index is -0.563. The van der Waals surface area contributed by atoms with Crippen molar-refractivity contribution < 1.29 is 9.90 Å². The molecule has 0 aromatic carbocycles. The monoisotopic (exact) mass is 209 g/mol. The van der Waals surface area contributed by atoms with Crippen molar-refractivity contribution in [3.63, 3.8) is 0 Å². The van der Waals surface area contributed by atoms with E-state index in [1.54, 1.807) is 0 Å². The van der Waals surface area contributed by atoms with Crippen molar-refractivity contribution >= 4 is 5.97 Å². The predicted octanol–water partition coefficient (Wildman–Crippen LogP) is 1.58. The summed E-state index contributed by atoms with van der Waals surface area (Å²) in [6, 6.07) is 0.640. The standard InChI is InChI=1S/C12H19NO2/c1-11(2)4-3-9(11)13-6-8-5-12(8,7-13)10(14)15/h8-9H,3-7H2,1-2H3,(H,14,15). The highest BCUT2D eigenvalue weighted by Crippen LogP contribution is 2.60. The number of hydrogen-bond acceptors (Lipinski definition) is 2. The maximum absolute atomic E-state index is 11.2. The Labute approximate surface area is 90.5 Å². The van der Waals surface area contributed by atoms with E-state index in [1.807, 2.05) is 0 Å². The normalized spacial score (nSPS) is 47.1. The number of rotatable bonds is 2. The lowest BCUT2D eigenvalue weighted by molar-refractivity contribution is -0.144. The summed E-state index contributed by atoms with van der Waals surface area (Å²) in [5, 5.41) is 9.21. The Morgan fingerprint density at radius 3 is 2.60 bits per heavy atom. The number of likely N-dealkylation sites (tertiary alicyclic amines) is 1. The van der Waals surface area contributed by atoms with E-state index >= 15 is 0 Å². The fourth-order valence-electron chi connectivity index (χ4n) is 3.62. The van der Waals surface area contributed by atoms with E-state index in [4.69, 9.17) is 0 Å². The summed E-state index contributed by atoms with van der Waals surface area (Å²) in [5.74, 6) is -0.112. The second kappa shape index (κ2) is 2.57. The van der Waals surface area contributed by atoms with Crippen LogP contribution in [0.25, 0.3) is 0 Å². The summed E-state index contributed by atoms with van der Waals surface area (Å²) in [6.07, 6.45) is 3.47. The largest absolute Gasteiger partial charge is 0.481 e. The van der Waals surface area contributed by atoms with Crippen LogP contribution in [0.5, 0.6) is 0 Å². The van der Waals surface area contributed by atoms with Crippen molar-refractivity contribution in [2.24, 2.45) is 16.7 Å². The van der Waals surface area contributed by atoms with Gasteiger partial charge in [0.2, 0.25) is 0 Å². The van der Waals surface area contributed by atoms with Crippen molar-refractivity contribution in [3.05, 3.63) is 0 Å². The quantitative estimate of drug-likeness (QED) is 0.750. The van der Waals surface area contributed by atoms with Crippen LogP contribution >= 0.6 is 0 Å². The van der Waals surface area contributed by atoms with Gasteiger partial charge >= 0.3 is 5.97 Å². The van der Waals surface area contributed by atoms with Crippen LogP contribution in [0.2, 0.25) is 0 Å². The minimum absolute atomic E-state index is 0.342. The van der Waals surface area contributed by atoms with Gasteiger partial charge in [-0.2, -0.15) is 0 Å². The van der Waals surface area contributed by atoms with Crippen LogP contribution in [0, 0.1) is 16.7 Å². The van der Waals surface area contributed by atoms with Crippen molar-refractivity contribution in [3.8, 4) is 0 Å². The Kier molecular flexibility index (Phi) is 1.65. The van der Waals surface area contributed by atoms with Crippen LogP contribution in [-0.2, 0) is 4.79 Å². The van der Waals surface area contributed by atoms with Gasteiger partial charge in [0.15, 0.2) is 0 Å². The maximum Gasteiger partial charge on any atom is 0.311 e. The highest BCUT2D eigenvalue weighted by atomic mass is 16.4. The van der Waals surface area contributed by atoms with Gasteiger partial charge in [-0.1, -0.05) is 13.8 Å². The van der Waals surface area contributed by atoms with E-state index in [-0.39, 0.29) is 5.41 Å². The molecular weight excluding hydrogens is 190 g/mol. The molecule has 1 heterocycles. The van der Waals surface area contributed by atoms with Crippen LogP contribution in [0.15, 0.2) is 0 Å². The summed E-state index contributed by atoms with van der Waals surface area (Å²) >= 11 is 0. The van der Waals surface area contributed by atoms with Gasteiger partial charge in [-0.25, -0.2) is 0 Å². The van der Waals surface area contributed by atoms with Crippen LogP contribution in [0.4, 0.5) is 0 Å². The number of hydrogen-bond donors (Lipinski definition) is 1. The van der Waals surface area contributed by atoms with E-state index in [0.717, 1.165) is 19.5 Å². The van der Waals surface area contributed by atoms with Crippen LogP contribution in [0.3, 0.4) is 0 Å². The molecule has 0 aromatic rings. The summed E-state index contributed by atoms with van der Waals surface area (Å²) < 4.78 is 0. The molecule has 0 radical (unpaired) electrons. The zero-order valence-electron chi connectivity index (χ0n) is 9.49.